The van der Waals surface area contributed by atoms with Gasteiger partial charge in [0.2, 0.25) is 5.91 Å². The number of carbonyl (C=O) groups excluding carboxylic acids is 1. The summed E-state index contributed by atoms with van der Waals surface area (Å²) in [6.45, 7) is 0. The highest BCUT2D eigenvalue weighted by atomic mass is 35.5. The van der Waals surface area contributed by atoms with E-state index in [9.17, 15) is 4.79 Å². The Balaban J connectivity index is 0.000000366. The van der Waals surface area contributed by atoms with Gasteiger partial charge in [-0.15, -0.1) is 0 Å². The van der Waals surface area contributed by atoms with Crippen LogP contribution in [0.3, 0.4) is 0 Å². The molecule has 0 spiro atoms. The highest BCUT2D eigenvalue weighted by Crippen LogP contribution is 2.13. The van der Waals surface area contributed by atoms with Gasteiger partial charge >= 0.3 is 0 Å². The van der Waals surface area contributed by atoms with E-state index in [0.29, 0.717) is 11.4 Å². The van der Waals surface area contributed by atoms with Crippen LogP contribution < -0.4 is 5.48 Å². The summed E-state index contributed by atoms with van der Waals surface area (Å²) in [6.07, 6.45) is 5.11. The third-order valence-electron chi connectivity index (χ3n) is 3.18. The van der Waals surface area contributed by atoms with Crippen molar-refractivity contribution in [2.75, 3.05) is 7.11 Å². The Kier molecular flexibility index (Phi) is 8.97. The van der Waals surface area contributed by atoms with Gasteiger partial charge in [0.25, 0.3) is 0 Å². The van der Waals surface area contributed by atoms with Gasteiger partial charge in [0.1, 0.15) is 0 Å². The van der Waals surface area contributed by atoms with E-state index >= 15 is 0 Å². The Bertz CT molecular complexity index is 558. The van der Waals surface area contributed by atoms with Crippen LogP contribution >= 0.6 is 11.6 Å². The minimum absolute atomic E-state index is 0.153. The van der Waals surface area contributed by atoms with Crippen LogP contribution in [0.1, 0.15) is 18.4 Å². The van der Waals surface area contributed by atoms with E-state index in [-0.39, 0.29) is 12.5 Å². The van der Waals surface area contributed by atoms with Gasteiger partial charge < -0.3 is 4.74 Å². The van der Waals surface area contributed by atoms with Crippen LogP contribution in [0.5, 0.6) is 0 Å². The van der Waals surface area contributed by atoms with Crippen molar-refractivity contribution in [3.8, 4) is 0 Å². The molecule has 0 aliphatic rings. The van der Waals surface area contributed by atoms with E-state index in [0.717, 1.165) is 12.0 Å². The molecule has 1 heterocycles. The molecule has 0 saturated carbocycles. The monoisotopic (exact) mass is 339 g/mol. The molecule has 1 atom stereocenters. The van der Waals surface area contributed by atoms with E-state index < -0.39 is 5.91 Å². The van der Waals surface area contributed by atoms with Gasteiger partial charge in [-0.1, -0.05) is 23.7 Å². The number of halogens is 1. The van der Waals surface area contributed by atoms with Gasteiger partial charge in [0.15, 0.2) is 0 Å². The van der Waals surface area contributed by atoms with Crippen molar-refractivity contribution in [3.05, 3.63) is 53.3 Å². The molecule has 1 unspecified atom stereocenters. The van der Waals surface area contributed by atoms with E-state index in [1.807, 2.05) is 43.6 Å². The standard InChI is InChI=1S/C12H16ClNO3.C4H6N2/c1-17-11(8-12(15)14-16)7-4-9-2-5-10(13)6-3-9;1-6-4-2-3-5-6/h2-3,5-6,11,16H,4,7-8H2,1H3,(H,14,15);2-4H,1H3. The molecule has 0 fully saturated rings. The molecule has 7 heteroatoms. The van der Waals surface area contributed by atoms with Gasteiger partial charge in [-0.05, 0) is 36.6 Å². The van der Waals surface area contributed by atoms with Crippen LogP contribution in [0, 0.1) is 0 Å². The number of benzene rings is 1. The van der Waals surface area contributed by atoms with Crippen molar-refractivity contribution in [1.82, 2.24) is 15.3 Å². The molecule has 0 aliphatic heterocycles. The highest BCUT2D eigenvalue weighted by molar-refractivity contribution is 6.30. The molecular weight excluding hydrogens is 318 g/mol. The number of carbonyl (C=O) groups is 1. The highest BCUT2D eigenvalue weighted by Gasteiger charge is 2.12. The molecule has 1 aromatic heterocycles. The predicted octanol–water partition coefficient (Wildman–Crippen LogP) is 2.60. The normalized spacial score (nSPS) is 11.3. The molecule has 2 aromatic rings. The number of amides is 1. The number of hydrogen-bond acceptors (Lipinski definition) is 4. The Morgan fingerprint density at radius 1 is 1.43 bits per heavy atom. The average molecular weight is 340 g/mol. The molecule has 0 saturated heterocycles. The predicted molar refractivity (Wildman–Crippen MR) is 88.3 cm³/mol. The number of ether oxygens (including phenoxy) is 1. The zero-order valence-electron chi connectivity index (χ0n) is 13.3. The Morgan fingerprint density at radius 2 is 2.13 bits per heavy atom. The van der Waals surface area contributed by atoms with Gasteiger partial charge in [-0.2, -0.15) is 5.10 Å². The summed E-state index contributed by atoms with van der Waals surface area (Å²) in [4.78, 5) is 11.0. The lowest BCUT2D eigenvalue weighted by Gasteiger charge is -2.13. The lowest BCUT2D eigenvalue weighted by Crippen LogP contribution is -2.25. The van der Waals surface area contributed by atoms with Crippen molar-refractivity contribution in [2.24, 2.45) is 7.05 Å². The lowest BCUT2D eigenvalue weighted by atomic mass is 10.0. The Labute approximate surface area is 141 Å². The quantitative estimate of drug-likeness (QED) is 0.626. The molecule has 1 aromatic carbocycles. The fourth-order valence-corrected chi connectivity index (χ4v) is 2.01. The molecule has 0 bridgehead atoms. The number of hydroxylamine groups is 1. The summed E-state index contributed by atoms with van der Waals surface area (Å²) in [7, 11) is 3.44. The molecule has 23 heavy (non-hydrogen) atoms. The summed E-state index contributed by atoms with van der Waals surface area (Å²) >= 11 is 5.78. The molecule has 2 rings (SSSR count). The summed E-state index contributed by atoms with van der Waals surface area (Å²) in [5, 5.41) is 13.0. The van der Waals surface area contributed by atoms with E-state index in [4.69, 9.17) is 21.5 Å². The van der Waals surface area contributed by atoms with Gasteiger partial charge in [-0.25, -0.2) is 5.48 Å². The SMILES string of the molecule is COC(CCc1ccc(Cl)cc1)CC(=O)NO.Cn1cccn1. The molecule has 126 valence electrons. The zero-order chi connectivity index (χ0) is 17.1. The Hall–Kier alpha value is -1.89. The number of rotatable bonds is 6. The van der Waals surface area contributed by atoms with Crippen LogP contribution in [0.15, 0.2) is 42.7 Å². The first-order chi connectivity index (χ1) is 11.0. The maximum atomic E-state index is 11.0. The number of nitrogens with zero attached hydrogens (tertiary/aromatic N) is 2. The van der Waals surface area contributed by atoms with Crippen LogP contribution in [0.4, 0.5) is 0 Å². The second-order valence-electron chi connectivity index (χ2n) is 4.94. The van der Waals surface area contributed by atoms with Crippen molar-refractivity contribution < 1.29 is 14.7 Å². The summed E-state index contributed by atoms with van der Waals surface area (Å²) < 4.78 is 6.92. The fourth-order valence-electron chi connectivity index (χ4n) is 1.88. The number of nitrogens with one attached hydrogen (secondary N) is 1. The van der Waals surface area contributed by atoms with Crippen molar-refractivity contribution in [1.29, 1.82) is 0 Å². The largest absolute Gasteiger partial charge is 0.381 e. The number of methoxy groups -OCH3 is 1. The number of aryl methyl sites for hydroxylation is 2. The maximum absolute atomic E-state index is 11.0. The van der Waals surface area contributed by atoms with Crippen molar-refractivity contribution >= 4 is 17.5 Å². The smallest absolute Gasteiger partial charge is 0.245 e. The van der Waals surface area contributed by atoms with Crippen LogP contribution in [-0.2, 0) is 23.0 Å². The zero-order valence-corrected chi connectivity index (χ0v) is 14.0. The van der Waals surface area contributed by atoms with Crippen LogP contribution in [0.2, 0.25) is 5.02 Å². The van der Waals surface area contributed by atoms with Crippen LogP contribution in [0.25, 0.3) is 0 Å². The van der Waals surface area contributed by atoms with E-state index in [2.05, 4.69) is 5.10 Å². The summed E-state index contributed by atoms with van der Waals surface area (Å²) in [5.74, 6) is -0.437. The molecule has 0 radical (unpaired) electrons. The van der Waals surface area contributed by atoms with E-state index in [1.165, 1.54) is 0 Å². The number of aromatic nitrogens is 2. The third kappa shape index (κ3) is 8.35. The maximum Gasteiger partial charge on any atom is 0.245 e. The first-order valence-electron chi connectivity index (χ1n) is 7.19. The molecule has 0 aliphatic carbocycles. The minimum atomic E-state index is -0.437. The minimum Gasteiger partial charge on any atom is -0.381 e. The third-order valence-corrected chi connectivity index (χ3v) is 3.43. The van der Waals surface area contributed by atoms with Crippen molar-refractivity contribution in [2.45, 2.75) is 25.4 Å². The fraction of sp³-hybridized carbons (Fsp3) is 0.375. The first-order valence-corrected chi connectivity index (χ1v) is 7.56. The second kappa shape index (κ2) is 10.8. The first kappa shape index (κ1) is 19.2. The van der Waals surface area contributed by atoms with Gasteiger partial charge in [0.05, 0.1) is 12.5 Å². The van der Waals surface area contributed by atoms with Crippen LogP contribution in [-0.4, -0.2) is 34.1 Å². The topological polar surface area (TPSA) is 76.4 Å². The molecule has 1 amide bonds. The van der Waals surface area contributed by atoms with E-state index in [1.54, 1.807) is 23.5 Å². The molecular formula is C16H22ClN3O3. The second-order valence-corrected chi connectivity index (χ2v) is 5.38. The number of hydrogen-bond donors (Lipinski definition) is 2. The van der Waals surface area contributed by atoms with Gasteiger partial charge in [0, 0.05) is 31.6 Å². The summed E-state index contributed by atoms with van der Waals surface area (Å²) in [6, 6.07) is 9.45. The molecule has 6 nitrogen and oxygen atoms in total. The average Bonchev–Trinajstić information content (AvgIpc) is 3.04. The summed E-state index contributed by atoms with van der Waals surface area (Å²) in [5.41, 5.74) is 2.74. The lowest BCUT2D eigenvalue weighted by molar-refractivity contribution is -0.131. The van der Waals surface area contributed by atoms with Gasteiger partial charge in [-0.3, -0.25) is 14.7 Å². The Morgan fingerprint density at radius 3 is 2.57 bits per heavy atom. The van der Waals surface area contributed by atoms with Crippen molar-refractivity contribution in [3.63, 3.8) is 0 Å². The molecule has 2 N–H and O–H groups in total.